The van der Waals surface area contributed by atoms with E-state index in [-0.39, 0.29) is 35.3 Å². The minimum atomic E-state index is -0.534. The van der Waals surface area contributed by atoms with Gasteiger partial charge in [-0.2, -0.15) is 9.78 Å². The van der Waals surface area contributed by atoms with Crippen molar-refractivity contribution in [3.63, 3.8) is 0 Å². The van der Waals surface area contributed by atoms with Crippen LogP contribution in [0.25, 0.3) is 22.3 Å². The molecule has 4 aromatic carbocycles. The monoisotopic (exact) mass is 606 g/mol. The van der Waals surface area contributed by atoms with Gasteiger partial charge in [-0.3, -0.25) is 14.9 Å². The van der Waals surface area contributed by atoms with Crippen LogP contribution in [0.3, 0.4) is 0 Å². The maximum absolute atomic E-state index is 13.8. The molecule has 0 aliphatic heterocycles. The molecule has 0 fully saturated rings. The molecule has 0 saturated heterocycles. The molecular formula is C35H34N4O6. The molecule has 1 aromatic heterocycles. The number of para-hydroxylation sites is 1. The number of nitrogens with zero attached hydrogens (tertiary/aromatic N) is 4. The number of hydrogen-bond donors (Lipinski definition) is 0. The molecule has 5 aromatic rings. The van der Waals surface area contributed by atoms with Crippen molar-refractivity contribution in [2.24, 2.45) is 5.10 Å². The van der Waals surface area contributed by atoms with Crippen LogP contribution >= 0.6 is 0 Å². The van der Waals surface area contributed by atoms with E-state index in [1.807, 2.05) is 56.3 Å². The predicted molar refractivity (Wildman–Crippen MR) is 175 cm³/mol. The van der Waals surface area contributed by atoms with Crippen molar-refractivity contribution >= 4 is 22.8 Å². The van der Waals surface area contributed by atoms with Gasteiger partial charge in [-0.25, -0.2) is 4.98 Å². The Kier molecular flexibility index (Phi) is 8.94. The van der Waals surface area contributed by atoms with E-state index in [9.17, 15) is 14.9 Å². The smallest absolute Gasteiger partial charge is 0.315 e. The summed E-state index contributed by atoms with van der Waals surface area (Å²) in [7, 11) is 3.04. The van der Waals surface area contributed by atoms with Gasteiger partial charge < -0.3 is 14.2 Å². The van der Waals surface area contributed by atoms with Crippen molar-refractivity contribution in [3.8, 4) is 28.6 Å². The average molecular weight is 607 g/mol. The number of rotatable bonds is 10. The molecule has 0 saturated carbocycles. The van der Waals surface area contributed by atoms with Crippen molar-refractivity contribution in [1.29, 1.82) is 0 Å². The highest BCUT2D eigenvalue weighted by Gasteiger charge is 2.23. The zero-order valence-electron chi connectivity index (χ0n) is 26.0. The Labute approximate surface area is 260 Å². The second-order valence-corrected chi connectivity index (χ2v) is 11.0. The fourth-order valence-electron chi connectivity index (χ4n) is 5.05. The molecule has 1 heterocycles. The summed E-state index contributed by atoms with van der Waals surface area (Å²) >= 11 is 0. The van der Waals surface area contributed by atoms with Gasteiger partial charge in [0.25, 0.3) is 5.56 Å². The molecule has 230 valence electrons. The summed E-state index contributed by atoms with van der Waals surface area (Å²) in [6.45, 7) is 8.13. The molecule has 0 N–H and O–H groups in total. The standard InChI is InChI=1S/C35H34N4O6/c1-21(2)27-18-28(23(4)15-31(27)43-5)34-37-29-10-8-7-9-26(29)35(40)38(34)36-19-25-16-30(39(41)42)33(32(17-25)44-6)45-20-24-13-11-22(3)12-14-24/h7-19,21H,20H2,1-6H3. The molecule has 5 rings (SSSR count). The minimum Gasteiger partial charge on any atom is -0.496 e. The summed E-state index contributed by atoms with van der Waals surface area (Å²) in [5, 5.41) is 17.1. The van der Waals surface area contributed by atoms with Gasteiger partial charge in [0.15, 0.2) is 11.6 Å². The van der Waals surface area contributed by atoms with Crippen LogP contribution in [-0.4, -0.2) is 35.0 Å². The Balaban J connectivity index is 1.63. The van der Waals surface area contributed by atoms with Crippen molar-refractivity contribution < 1.29 is 19.1 Å². The summed E-state index contributed by atoms with van der Waals surface area (Å²) in [5.41, 5.74) is 4.65. The van der Waals surface area contributed by atoms with E-state index in [2.05, 4.69) is 18.9 Å². The molecule has 0 radical (unpaired) electrons. The highest BCUT2D eigenvalue weighted by Crippen LogP contribution is 2.39. The first-order valence-corrected chi connectivity index (χ1v) is 14.4. The van der Waals surface area contributed by atoms with Crippen molar-refractivity contribution in [3.05, 3.63) is 121 Å². The number of methoxy groups -OCH3 is 2. The normalized spacial score (nSPS) is 11.4. The highest BCUT2D eigenvalue weighted by atomic mass is 16.6. The number of aryl methyl sites for hydroxylation is 2. The molecule has 0 atom stereocenters. The lowest BCUT2D eigenvalue weighted by atomic mass is 9.96. The van der Waals surface area contributed by atoms with Gasteiger partial charge in [-0.15, -0.1) is 0 Å². The third-order valence-electron chi connectivity index (χ3n) is 7.49. The van der Waals surface area contributed by atoms with E-state index >= 15 is 0 Å². The number of benzene rings is 4. The number of ether oxygens (including phenoxy) is 3. The topological polar surface area (TPSA) is 118 Å². The Hall–Kier alpha value is -5.51. The lowest BCUT2D eigenvalue weighted by Gasteiger charge is -2.17. The summed E-state index contributed by atoms with van der Waals surface area (Å²) < 4.78 is 18.2. The molecule has 10 nitrogen and oxygen atoms in total. The van der Waals surface area contributed by atoms with Crippen LogP contribution in [0, 0.1) is 24.0 Å². The van der Waals surface area contributed by atoms with Gasteiger partial charge in [-0.05, 0) is 66.8 Å². The fraction of sp³-hybridized carbons (Fsp3) is 0.229. The zero-order valence-corrected chi connectivity index (χ0v) is 26.0. The summed E-state index contributed by atoms with van der Waals surface area (Å²) in [4.78, 5) is 30.3. The van der Waals surface area contributed by atoms with Crippen LogP contribution in [0.5, 0.6) is 17.2 Å². The van der Waals surface area contributed by atoms with Crippen LogP contribution in [0.4, 0.5) is 5.69 Å². The average Bonchev–Trinajstić information content (AvgIpc) is 3.03. The van der Waals surface area contributed by atoms with E-state index < -0.39 is 4.92 Å². The Morgan fingerprint density at radius 1 is 0.978 bits per heavy atom. The Bertz CT molecular complexity index is 1980. The Morgan fingerprint density at radius 3 is 2.36 bits per heavy atom. The second-order valence-electron chi connectivity index (χ2n) is 11.0. The molecule has 0 spiro atoms. The minimum absolute atomic E-state index is 0.000486. The van der Waals surface area contributed by atoms with Crippen LogP contribution in [0.15, 0.2) is 82.7 Å². The molecule has 0 amide bonds. The van der Waals surface area contributed by atoms with E-state index in [1.165, 1.54) is 24.1 Å². The molecule has 0 unspecified atom stereocenters. The number of aromatic nitrogens is 2. The van der Waals surface area contributed by atoms with Crippen LogP contribution in [-0.2, 0) is 6.61 Å². The van der Waals surface area contributed by atoms with Crippen LogP contribution in [0.1, 0.15) is 47.6 Å². The number of fused-ring (bicyclic) bond motifs is 1. The maximum atomic E-state index is 13.8. The van der Waals surface area contributed by atoms with Crippen LogP contribution in [0.2, 0.25) is 0 Å². The highest BCUT2D eigenvalue weighted by molar-refractivity contribution is 5.84. The first-order chi connectivity index (χ1) is 21.6. The first-order valence-electron chi connectivity index (χ1n) is 14.4. The third-order valence-corrected chi connectivity index (χ3v) is 7.49. The Morgan fingerprint density at radius 2 is 1.69 bits per heavy atom. The third kappa shape index (κ3) is 6.40. The van der Waals surface area contributed by atoms with Gasteiger partial charge in [0.05, 0.1) is 36.3 Å². The van der Waals surface area contributed by atoms with Crippen molar-refractivity contribution in [1.82, 2.24) is 9.66 Å². The van der Waals surface area contributed by atoms with Gasteiger partial charge in [0, 0.05) is 17.2 Å². The van der Waals surface area contributed by atoms with E-state index in [4.69, 9.17) is 19.2 Å². The first kappa shape index (κ1) is 30.9. The molecule has 0 aliphatic rings. The molecule has 0 aliphatic carbocycles. The molecular weight excluding hydrogens is 572 g/mol. The SMILES string of the molecule is COc1cc(C)c(-c2nc3ccccc3c(=O)n2N=Cc2cc(OC)c(OCc3ccc(C)cc3)c([N+](=O)[O-])c2)cc1C(C)C. The van der Waals surface area contributed by atoms with Crippen molar-refractivity contribution in [2.45, 2.75) is 40.2 Å². The van der Waals surface area contributed by atoms with Crippen molar-refractivity contribution in [2.75, 3.05) is 14.2 Å². The summed E-state index contributed by atoms with van der Waals surface area (Å²) in [6.07, 6.45) is 1.38. The van der Waals surface area contributed by atoms with Gasteiger partial charge in [0.2, 0.25) is 5.75 Å². The van der Waals surface area contributed by atoms with Gasteiger partial charge in [-0.1, -0.05) is 55.8 Å². The quantitative estimate of drug-likeness (QED) is 0.0938. The van der Waals surface area contributed by atoms with E-state index in [0.717, 1.165) is 28.0 Å². The lowest BCUT2D eigenvalue weighted by molar-refractivity contribution is -0.386. The van der Waals surface area contributed by atoms with Gasteiger partial charge >= 0.3 is 5.69 Å². The molecule has 10 heteroatoms. The maximum Gasteiger partial charge on any atom is 0.315 e. The molecule has 45 heavy (non-hydrogen) atoms. The predicted octanol–water partition coefficient (Wildman–Crippen LogP) is 7.19. The van der Waals surface area contributed by atoms with Gasteiger partial charge in [0.1, 0.15) is 12.4 Å². The van der Waals surface area contributed by atoms with Crippen LogP contribution < -0.4 is 19.8 Å². The summed E-state index contributed by atoms with van der Waals surface area (Å²) in [5.74, 6) is 1.38. The number of hydrogen-bond acceptors (Lipinski definition) is 8. The fourth-order valence-corrected chi connectivity index (χ4v) is 5.05. The number of nitro benzene ring substituents is 1. The second kappa shape index (κ2) is 13.0. The molecule has 0 bridgehead atoms. The van der Waals surface area contributed by atoms with E-state index in [0.29, 0.717) is 27.9 Å². The summed E-state index contributed by atoms with van der Waals surface area (Å²) in [6, 6.07) is 21.5. The zero-order chi connectivity index (χ0) is 32.2. The van der Waals surface area contributed by atoms with E-state index in [1.54, 1.807) is 31.4 Å². The lowest BCUT2D eigenvalue weighted by Crippen LogP contribution is -2.21. The largest absolute Gasteiger partial charge is 0.496 e. The number of nitro groups is 1.